The van der Waals surface area contributed by atoms with E-state index in [0.29, 0.717) is 6.42 Å². The molecule has 3 N–H and O–H groups in total. The van der Waals surface area contributed by atoms with Crippen LogP contribution in [0.5, 0.6) is 0 Å². The van der Waals surface area contributed by atoms with Gasteiger partial charge in [-0.15, -0.1) is 0 Å². The van der Waals surface area contributed by atoms with Gasteiger partial charge in [-0.05, 0) is 35.8 Å². The van der Waals surface area contributed by atoms with E-state index in [0.717, 1.165) is 19.3 Å². The molecule has 1 aromatic carbocycles. The molecule has 0 fully saturated rings. The maximum atomic E-state index is 12.1. The van der Waals surface area contributed by atoms with E-state index in [9.17, 15) is 4.79 Å². The van der Waals surface area contributed by atoms with Gasteiger partial charge in [0, 0.05) is 18.5 Å². The van der Waals surface area contributed by atoms with Crippen LogP contribution in [0, 0.1) is 5.41 Å². The van der Waals surface area contributed by atoms with E-state index in [4.69, 9.17) is 5.73 Å². The Balaban J connectivity index is 1.88. The molecule has 0 radical (unpaired) electrons. The zero-order valence-electron chi connectivity index (χ0n) is 12.8. The second-order valence-electron chi connectivity index (χ2n) is 6.95. The quantitative estimate of drug-likeness (QED) is 0.889. The topological polar surface area (TPSA) is 55.1 Å². The van der Waals surface area contributed by atoms with Crippen molar-refractivity contribution in [3.05, 3.63) is 35.4 Å². The third-order valence-electron chi connectivity index (χ3n) is 4.23. The smallest absolute Gasteiger partial charge is 0.221 e. The molecule has 3 nitrogen and oxygen atoms in total. The molecule has 2 unspecified atom stereocenters. The molecular weight excluding hydrogens is 248 g/mol. The van der Waals surface area contributed by atoms with Crippen LogP contribution in [0.25, 0.3) is 0 Å². The monoisotopic (exact) mass is 274 g/mol. The summed E-state index contributed by atoms with van der Waals surface area (Å²) in [5.74, 6) is 0.0804. The van der Waals surface area contributed by atoms with Gasteiger partial charge < -0.3 is 11.1 Å². The predicted octanol–water partition coefficient (Wildman–Crippen LogP) is 2.42. The molecule has 1 aliphatic carbocycles. The highest BCUT2D eigenvalue weighted by atomic mass is 16.1. The van der Waals surface area contributed by atoms with Crippen molar-refractivity contribution < 1.29 is 4.79 Å². The predicted molar refractivity (Wildman–Crippen MR) is 82.4 cm³/mol. The van der Waals surface area contributed by atoms with Gasteiger partial charge in [-0.1, -0.05) is 45.0 Å². The number of nitrogens with one attached hydrogen (secondary N) is 1. The van der Waals surface area contributed by atoms with Gasteiger partial charge in [0.2, 0.25) is 5.91 Å². The SMILES string of the molecule is CC(C)(C)C(N)CC(=O)NC1CCc2ccccc2C1. The van der Waals surface area contributed by atoms with Crippen LogP contribution in [0.3, 0.4) is 0 Å². The van der Waals surface area contributed by atoms with E-state index < -0.39 is 0 Å². The van der Waals surface area contributed by atoms with Crippen molar-refractivity contribution in [1.29, 1.82) is 0 Å². The average Bonchev–Trinajstić information content (AvgIpc) is 2.37. The van der Waals surface area contributed by atoms with Gasteiger partial charge >= 0.3 is 0 Å². The first-order valence-corrected chi connectivity index (χ1v) is 7.48. The number of carbonyl (C=O) groups excluding carboxylic acids is 1. The lowest BCUT2D eigenvalue weighted by molar-refractivity contribution is -0.122. The normalized spacial score (nSPS) is 20.1. The zero-order valence-corrected chi connectivity index (χ0v) is 12.8. The summed E-state index contributed by atoms with van der Waals surface area (Å²) in [6, 6.07) is 8.65. The molecule has 2 rings (SSSR count). The Hall–Kier alpha value is -1.35. The third-order valence-corrected chi connectivity index (χ3v) is 4.23. The summed E-state index contributed by atoms with van der Waals surface area (Å²) in [6.45, 7) is 6.21. The van der Waals surface area contributed by atoms with Crippen molar-refractivity contribution in [2.75, 3.05) is 0 Å². The van der Waals surface area contributed by atoms with Gasteiger partial charge in [0.15, 0.2) is 0 Å². The Morgan fingerprint density at radius 1 is 1.35 bits per heavy atom. The van der Waals surface area contributed by atoms with Crippen LogP contribution in [-0.4, -0.2) is 18.0 Å². The number of nitrogens with two attached hydrogens (primary N) is 1. The van der Waals surface area contributed by atoms with Crippen molar-refractivity contribution in [2.24, 2.45) is 11.1 Å². The lowest BCUT2D eigenvalue weighted by Gasteiger charge is -2.29. The number of hydrogen-bond acceptors (Lipinski definition) is 2. The van der Waals surface area contributed by atoms with E-state index in [1.807, 2.05) is 0 Å². The van der Waals surface area contributed by atoms with E-state index in [1.165, 1.54) is 11.1 Å². The van der Waals surface area contributed by atoms with Crippen LogP contribution >= 0.6 is 0 Å². The maximum Gasteiger partial charge on any atom is 0.221 e. The molecule has 20 heavy (non-hydrogen) atoms. The number of hydrogen-bond donors (Lipinski definition) is 2. The zero-order chi connectivity index (χ0) is 14.8. The molecule has 1 amide bonds. The highest BCUT2D eigenvalue weighted by molar-refractivity contribution is 5.77. The van der Waals surface area contributed by atoms with E-state index in [2.05, 4.69) is 50.4 Å². The van der Waals surface area contributed by atoms with Gasteiger partial charge in [-0.2, -0.15) is 0 Å². The highest BCUT2D eigenvalue weighted by Crippen LogP contribution is 2.22. The first kappa shape index (κ1) is 15.0. The number of benzene rings is 1. The Morgan fingerprint density at radius 3 is 2.65 bits per heavy atom. The lowest BCUT2D eigenvalue weighted by Crippen LogP contribution is -2.44. The van der Waals surface area contributed by atoms with Gasteiger partial charge in [0.25, 0.3) is 0 Å². The van der Waals surface area contributed by atoms with Crippen LogP contribution in [0.2, 0.25) is 0 Å². The molecular formula is C17H26N2O. The number of aryl methyl sites for hydroxylation is 1. The van der Waals surface area contributed by atoms with E-state index in [-0.39, 0.29) is 23.4 Å². The Bertz CT molecular complexity index is 476. The summed E-state index contributed by atoms with van der Waals surface area (Å²) < 4.78 is 0. The second kappa shape index (κ2) is 5.96. The maximum absolute atomic E-state index is 12.1. The van der Waals surface area contributed by atoms with Crippen LogP contribution in [0.4, 0.5) is 0 Å². The molecule has 3 heteroatoms. The molecule has 1 aliphatic rings. The molecule has 0 heterocycles. The van der Waals surface area contributed by atoms with E-state index >= 15 is 0 Å². The number of fused-ring (bicyclic) bond motifs is 1. The summed E-state index contributed by atoms with van der Waals surface area (Å²) >= 11 is 0. The molecule has 0 saturated heterocycles. The van der Waals surface area contributed by atoms with Crippen LogP contribution < -0.4 is 11.1 Å². The summed E-state index contributed by atoms with van der Waals surface area (Å²) in [7, 11) is 0. The molecule has 0 bridgehead atoms. The first-order valence-electron chi connectivity index (χ1n) is 7.48. The summed E-state index contributed by atoms with van der Waals surface area (Å²) in [6.07, 6.45) is 3.41. The second-order valence-corrected chi connectivity index (χ2v) is 6.95. The fraction of sp³-hybridized carbons (Fsp3) is 0.588. The summed E-state index contributed by atoms with van der Waals surface area (Å²) in [4.78, 5) is 12.1. The van der Waals surface area contributed by atoms with Gasteiger partial charge in [0.05, 0.1) is 0 Å². The minimum atomic E-state index is -0.0987. The van der Waals surface area contributed by atoms with Crippen molar-refractivity contribution in [3.8, 4) is 0 Å². The van der Waals surface area contributed by atoms with Crippen molar-refractivity contribution >= 4 is 5.91 Å². The Labute approximate surface area is 121 Å². The van der Waals surface area contributed by atoms with Crippen molar-refractivity contribution in [3.63, 3.8) is 0 Å². The number of carbonyl (C=O) groups is 1. The van der Waals surface area contributed by atoms with Crippen LogP contribution in [-0.2, 0) is 17.6 Å². The Kier molecular flexibility index (Phi) is 4.48. The standard InChI is InChI=1S/C17H26N2O/c1-17(2,3)15(18)11-16(20)19-14-9-8-12-6-4-5-7-13(12)10-14/h4-7,14-15H,8-11,18H2,1-3H3,(H,19,20). The van der Waals surface area contributed by atoms with Gasteiger partial charge in [-0.3, -0.25) is 4.79 Å². The number of rotatable bonds is 3. The van der Waals surface area contributed by atoms with Crippen molar-refractivity contribution in [2.45, 2.75) is 58.5 Å². The molecule has 0 spiro atoms. The summed E-state index contributed by atoms with van der Waals surface area (Å²) in [5.41, 5.74) is 8.83. The fourth-order valence-corrected chi connectivity index (χ4v) is 2.61. The molecule has 0 aromatic heterocycles. The summed E-state index contributed by atoms with van der Waals surface area (Å²) in [5, 5.41) is 3.14. The minimum Gasteiger partial charge on any atom is -0.353 e. The molecule has 0 saturated carbocycles. The van der Waals surface area contributed by atoms with Crippen LogP contribution in [0.1, 0.15) is 44.7 Å². The molecule has 110 valence electrons. The third kappa shape index (κ3) is 3.83. The highest BCUT2D eigenvalue weighted by Gasteiger charge is 2.25. The van der Waals surface area contributed by atoms with Crippen LogP contribution in [0.15, 0.2) is 24.3 Å². The van der Waals surface area contributed by atoms with E-state index in [1.54, 1.807) is 0 Å². The van der Waals surface area contributed by atoms with Gasteiger partial charge in [0.1, 0.15) is 0 Å². The fourth-order valence-electron chi connectivity index (χ4n) is 2.61. The molecule has 0 aliphatic heterocycles. The molecule has 1 aromatic rings. The first-order chi connectivity index (χ1) is 9.36. The van der Waals surface area contributed by atoms with Gasteiger partial charge in [-0.25, -0.2) is 0 Å². The average molecular weight is 274 g/mol. The lowest BCUT2D eigenvalue weighted by atomic mass is 9.85. The molecule has 2 atom stereocenters. The Morgan fingerprint density at radius 2 is 2.00 bits per heavy atom. The minimum absolute atomic E-state index is 0.0312. The largest absolute Gasteiger partial charge is 0.353 e. The van der Waals surface area contributed by atoms with Crippen molar-refractivity contribution in [1.82, 2.24) is 5.32 Å². The number of amides is 1.